The van der Waals surface area contributed by atoms with E-state index in [1.807, 2.05) is 12.1 Å². The summed E-state index contributed by atoms with van der Waals surface area (Å²) in [6, 6.07) is 6.13. The zero-order valence-corrected chi connectivity index (χ0v) is 9.93. The maximum atomic E-state index is 10.0. The normalized spacial score (nSPS) is 19.1. The fraction of sp³-hybridized carbons (Fsp3) is 0.357. The van der Waals surface area contributed by atoms with E-state index in [4.69, 9.17) is 0 Å². The number of fused-ring (bicyclic) bond motifs is 1. The second-order valence-electron chi connectivity index (χ2n) is 4.64. The lowest BCUT2D eigenvalue weighted by Gasteiger charge is -2.20. The Hall–Kier alpha value is -1.61. The average molecular weight is 228 g/mol. The van der Waals surface area contributed by atoms with Crippen LogP contribution < -0.4 is 0 Å². The predicted octanol–water partition coefficient (Wildman–Crippen LogP) is 2.55. The van der Waals surface area contributed by atoms with E-state index in [0.717, 1.165) is 30.5 Å². The topological polar surface area (TPSA) is 38.0 Å². The predicted molar refractivity (Wildman–Crippen MR) is 66.2 cm³/mol. The van der Waals surface area contributed by atoms with Gasteiger partial charge in [-0.15, -0.1) is 0 Å². The van der Waals surface area contributed by atoms with Crippen LogP contribution in [0.3, 0.4) is 0 Å². The Balaban J connectivity index is 2.18. The lowest BCUT2D eigenvalue weighted by molar-refractivity contribution is 0.156. The number of hydrogen-bond donors (Lipinski definition) is 1. The van der Waals surface area contributed by atoms with Crippen molar-refractivity contribution in [2.24, 2.45) is 0 Å². The van der Waals surface area contributed by atoms with E-state index in [0.29, 0.717) is 0 Å². The van der Waals surface area contributed by atoms with Crippen LogP contribution in [0.5, 0.6) is 0 Å². The Labute approximate surface area is 101 Å². The van der Waals surface area contributed by atoms with Gasteiger partial charge < -0.3 is 9.67 Å². The van der Waals surface area contributed by atoms with Crippen molar-refractivity contribution in [3.63, 3.8) is 0 Å². The summed E-state index contributed by atoms with van der Waals surface area (Å²) in [7, 11) is 0. The standard InChI is InChI=1S/C14H16N2O/c1-10-9-12-13(3-2-4-14(12)17)16(10)11-5-7-15-8-6-11/h5-9,14,17H,2-4H2,1H3. The Morgan fingerprint density at radius 2 is 2.12 bits per heavy atom. The fourth-order valence-corrected chi connectivity index (χ4v) is 2.73. The molecule has 2 aromatic heterocycles. The van der Waals surface area contributed by atoms with Crippen LogP contribution in [-0.4, -0.2) is 14.7 Å². The highest BCUT2D eigenvalue weighted by Crippen LogP contribution is 2.33. The minimum Gasteiger partial charge on any atom is -0.388 e. The second-order valence-corrected chi connectivity index (χ2v) is 4.64. The monoisotopic (exact) mass is 228 g/mol. The van der Waals surface area contributed by atoms with Crippen molar-refractivity contribution in [2.75, 3.05) is 0 Å². The van der Waals surface area contributed by atoms with E-state index in [1.165, 1.54) is 11.4 Å². The molecule has 1 aliphatic rings. The van der Waals surface area contributed by atoms with Crippen molar-refractivity contribution in [3.8, 4) is 5.69 Å². The van der Waals surface area contributed by atoms with Crippen LogP contribution in [0, 0.1) is 6.92 Å². The number of aliphatic hydroxyl groups excluding tert-OH is 1. The van der Waals surface area contributed by atoms with Gasteiger partial charge in [0.1, 0.15) is 0 Å². The molecule has 1 atom stereocenters. The molecule has 0 spiro atoms. The van der Waals surface area contributed by atoms with E-state index in [2.05, 4.69) is 22.5 Å². The van der Waals surface area contributed by atoms with Crippen molar-refractivity contribution >= 4 is 0 Å². The van der Waals surface area contributed by atoms with Crippen molar-refractivity contribution in [1.29, 1.82) is 0 Å². The molecule has 1 unspecified atom stereocenters. The van der Waals surface area contributed by atoms with Crippen LogP contribution in [-0.2, 0) is 6.42 Å². The third kappa shape index (κ3) is 1.67. The van der Waals surface area contributed by atoms with Crippen molar-refractivity contribution in [2.45, 2.75) is 32.3 Å². The number of aryl methyl sites for hydroxylation is 1. The number of rotatable bonds is 1. The van der Waals surface area contributed by atoms with Gasteiger partial charge in [-0.2, -0.15) is 0 Å². The summed E-state index contributed by atoms with van der Waals surface area (Å²) in [6.45, 7) is 2.09. The summed E-state index contributed by atoms with van der Waals surface area (Å²) in [5, 5.41) is 10.0. The molecule has 88 valence electrons. The molecule has 2 aromatic rings. The molecular formula is C14H16N2O. The molecule has 0 fully saturated rings. The van der Waals surface area contributed by atoms with E-state index >= 15 is 0 Å². The molecule has 3 heteroatoms. The van der Waals surface area contributed by atoms with Gasteiger partial charge in [0.05, 0.1) is 6.10 Å². The molecule has 1 aliphatic carbocycles. The maximum absolute atomic E-state index is 10.0. The van der Waals surface area contributed by atoms with E-state index in [1.54, 1.807) is 12.4 Å². The smallest absolute Gasteiger partial charge is 0.0807 e. The SMILES string of the molecule is Cc1cc2c(n1-c1ccncc1)CCCC2O. The van der Waals surface area contributed by atoms with Gasteiger partial charge in [-0.3, -0.25) is 4.98 Å². The molecule has 17 heavy (non-hydrogen) atoms. The molecule has 3 nitrogen and oxygen atoms in total. The molecule has 0 saturated carbocycles. The van der Waals surface area contributed by atoms with Gasteiger partial charge >= 0.3 is 0 Å². The quantitative estimate of drug-likeness (QED) is 0.814. The molecule has 0 amide bonds. The summed E-state index contributed by atoms with van der Waals surface area (Å²) < 4.78 is 2.24. The Morgan fingerprint density at radius 1 is 1.35 bits per heavy atom. The summed E-state index contributed by atoms with van der Waals surface area (Å²) in [5.74, 6) is 0. The van der Waals surface area contributed by atoms with Gasteiger partial charge in [0.2, 0.25) is 0 Å². The van der Waals surface area contributed by atoms with Crippen molar-refractivity contribution in [3.05, 3.63) is 47.5 Å². The summed E-state index contributed by atoms with van der Waals surface area (Å²) in [5.41, 5.74) is 4.67. The van der Waals surface area contributed by atoms with E-state index in [9.17, 15) is 5.11 Å². The van der Waals surface area contributed by atoms with E-state index in [-0.39, 0.29) is 6.10 Å². The third-order valence-electron chi connectivity index (χ3n) is 3.49. The molecule has 0 saturated heterocycles. The summed E-state index contributed by atoms with van der Waals surface area (Å²) in [4.78, 5) is 4.05. The molecule has 0 bridgehead atoms. The molecular weight excluding hydrogens is 212 g/mol. The minimum atomic E-state index is -0.291. The third-order valence-corrected chi connectivity index (χ3v) is 3.49. The molecule has 0 aromatic carbocycles. The van der Waals surface area contributed by atoms with Gasteiger partial charge in [0.15, 0.2) is 0 Å². The first-order valence-electron chi connectivity index (χ1n) is 6.07. The first-order chi connectivity index (χ1) is 8.27. The molecule has 0 aliphatic heterocycles. The van der Waals surface area contributed by atoms with Crippen LogP contribution in [0.15, 0.2) is 30.6 Å². The first-order valence-corrected chi connectivity index (χ1v) is 6.07. The van der Waals surface area contributed by atoms with Gasteiger partial charge in [0, 0.05) is 35.0 Å². The highest BCUT2D eigenvalue weighted by Gasteiger charge is 2.23. The number of hydrogen-bond acceptors (Lipinski definition) is 2. The van der Waals surface area contributed by atoms with Gasteiger partial charge in [-0.1, -0.05) is 0 Å². The van der Waals surface area contributed by atoms with Crippen LogP contribution >= 0.6 is 0 Å². The van der Waals surface area contributed by atoms with Gasteiger partial charge in [-0.25, -0.2) is 0 Å². The Morgan fingerprint density at radius 3 is 2.88 bits per heavy atom. The minimum absolute atomic E-state index is 0.291. The van der Waals surface area contributed by atoms with Gasteiger partial charge in [0.25, 0.3) is 0 Å². The molecule has 2 heterocycles. The zero-order chi connectivity index (χ0) is 11.8. The average Bonchev–Trinajstić information content (AvgIpc) is 2.68. The zero-order valence-electron chi connectivity index (χ0n) is 9.93. The van der Waals surface area contributed by atoms with Gasteiger partial charge in [-0.05, 0) is 44.4 Å². The van der Waals surface area contributed by atoms with Crippen LogP contribution in [0.25, 0.3) is 5.69 Å². The fourth-order valence-electron chi connectivity index (χ4n) is 2.73. The van der Waals surface area contributed by atoms with Crippen LogP contribution in [0.2, 0.25) is 0 Å². The number of pyridine rings is 1. The highest BCUT2D eigenvalue weighted by atomic mass is 16.3. The summed E-state index contributed by atoms with van der Waals surface area (Å²) in [6.07, 6.45) is 6.30. The lowest BCUT2D eigenvalue weighted by Crippen LogP contribution is -2.11. The molecule has 3 rings (SSSR count). The Bertz CT molecular complexity index is 531. The number of aliphatic hydroxyl groups is 1. The molecule has 0 radical (unpaired) electrons. The van der Waals surface area contributed by atoms with Crippen LogP contribution in [0.4, 0.5) is 0 Å². The number of aromatic nitrogens is 2. The lowest BCUT2D eigenvalue weighted by atomic mass is 9.95. The highest BCUT2D eigenvalue weighted by molar-refractivity contribution is 5.42. The Kier molecular flexibility index (Phi) is 2.48. The summed E-state index contributed by atoms with van der Waals surface area (Å²) >= 11 is 0. The van der Waals surface area contributed by atoms with Crippen LogP contribution in [0.1, 0.15) is 35.9 Å². The van der Waals surface area contributed by atoms with E-state index < -0.39 is 0 Å². The first kappa shape index (κ1) is 10.5. The molecule has 1 N–H and O–H groups in total. The largest absolute Gasteiger partial charge is 0.388 e. The second kappa shape index (κ2) is 4.00. The van der Waals surface area contributed by atoms with Crippen molar-refractivity contribution < 1.29 is 5.11 Å². The van der Waals surface area contributed by atoms with Crippen molar-refractivity contribution in [1.82, 2.24) is 9.55 Å². The maximum Gasteiger partial charge on any atom is 0.0807 e. The number of nitrogens with zero attached hydrogens (tertiary/aromatic N) is 2.